The van der Waals surface area contributed by atoms with E-state index in [1.807, 2.05) is 6.92 Å². The van der Waals surface area contributed by atoms with Gasteiger partial charge in [-0.1, -0.05) is 20.8 Å². The summed E-state index contributed by atoms with van der Waals surface area (Å²) in [7, 11) is 0. The summed E-state index contributed by atoms with van der Waals surface area (Å²) in [6.45, 7) is 7.08. The first-order valence-electron chi connectivity index (χ1n) is 7.74. The topological polar surface area (TPSA) is 89.5 Å². The van der Waals surface area contributed by atoms with Crippen molar-refractivity contribution in [3.63, 3.8) is 0 Å². The highest BCUT2D eigenvalue weighted by Gasteiger charge is 2.15. The van der Waals surface area contributed by atoms with Crippen molar-refractivity contribution < 1.29 is 23.9 Å². The lowest BCUT2D eigenvalue weighted by molar-refractivity contribution is -0.150. The first kappa shape index (κ1) is 20.3. The molecule has 1 unspecified atom stereocenters. The van der Waals surface area contributed by atoms with Crippen LogP contribution in [-0.4, -0.2) is 36.1 Å². The van der Waals surface area contributed by atoms with E-state index in [9.17, 15) is 19.2 Å². The number of hydrogen-bond donors (Lipinski definition) is 1. The molecule has 0 fully saturated rings. The summed E-state index contributed by atoms with van der Waals surface area (Å²) in [6.07, 6.45) is 0.743. The van der Waals surface area contributed by atoms with Gasteiger partial charge in [0, 0.05) is 25.2 Å². The molecule has 0 saturated heterocycles. The van der Waals surface area contributed by atoms with E-state index in [0.717, 1.165) is 0 Å². The van der Waals surface area contributed by atoms with Gasteiger partial charge in [-0.3, -0.25) is 14.4 Å². The molecule has 0 aromatic rings. The average molecular weight is 313 g/mol. The second-order valence-electron chi connectivity index (χ2n) is 5.65. The number of carbonyl (C=O) groups excluding carboxylic acids is 4. The summed E-state index contributed by atoms with van der Waals surface area (Å²) in [4.78, 5) is 45.4. The minimum atomic E-state index is -0.439. The molecule has 1 amide bonds. The Morgan fingerprint density at radius 1 is 1.00 bits per heavy atom. The van der Waals surface area contributed by atoms with Gasteiger partial charge in [0.2, 0.25) is 5.91 Å². The summed E-state index contributed by atoms with van der Waals surface area (Å²) in [5, 5.41) is 2.66. The van der Waals surface area contributed by atoms with Gasteiger partial charge in [0.1, 0.15) is 17.7 Å². The zero-order chi connectivity index (χ0) is 17.1. The Bertz CT molecular complexity index is 403. The third kappa shape index (κ3) is 10.1. The molecule has 0 aliphatic heterocycles. The fourth-order valence-corrected chi connectivity index (χ4v) is 1.63. The van der Waals surface area contributed by atoms with Gasteiger partial charge >= 0.3 is 5.97 Å². The molecule has 0 radical (unpaired) electrons. The van der Waals surface area contributed by atoms with E-state index in [4.69, 9.17) is 4.74 Å². The third-order valence-electron chi connectivity index (χ3n) is 3.20. The van der Waals surface area contributed by atoms with E-state index in [-0.39, 0.29) is 55.6 Å². The van der Waals surface area contributed by atoms with Crippen molar-refractivity contribution in [2.45, 2.75) is 65.9 Å². The number of carbonyl (C=O) groups is 4. The zero-order valence-electron chi connectivity index (χ0n) is 13.9. The van der Waals surface area contributed by atoms with Crippen LogP contribution in [0, 0.1) is 5.92 Å². The van der Waals surface area contributed by atoms with Crippen molar-refractivity contribution in [1.82, 2.24) is 5.32 Å². The van der Waals surface area contributed by atoms with Crippen molar-refractivity contribution in [3.8, 4) is 0 Å². The zero-order valence-corrected chi connectivity index (χ0v) is 13.9. The largest absolute Gasteiger partial charge is 0.460 e. The summed E-state index contributed by atoms with van der Waals surface area (Å²) in [5.74, 6) is -0.747. The van der Waals surface area contributed by atoms with Crippen LogP contribution in [0.1, 0.15) is 59.8 Å². The maximum Gasteiger partial charge on any atom is 0.306 e. The molecule has 0 aromatic carbocycles. The predicted molar refractivity (Wildman–Crippen MR) is 82.2 cm³/mol. The molecule has 0 aromatic heterocycles. The molecule has 1 atom stereocenters. The lowest BCUT2D eigenvalue weighted by Crippen LogP contribution is -2.34. The van der Waals surface area contributed by atoms with Gasteiger partial charge < -0.3 is 14.8 Å². The lowest BCUT2D eigenvalue weighted by atomic mass is 10.0. The standard InChI is InChI=1S/C16H27NO5/c1-5-13(22-16(21)9-6-12(4)18)10-17-15(20)8-7-14(19)11(2)3/h11,13H,5-10H2,1-4H3,(H,17,20). The molecule has 0 aliphatic carbocycles. The van der Waals surface area contributed by atoms with Crippen molar-refractivity contribution in [3.05, 3.63) is 0 Å². The Morgan fingerprint density at radius 2 is 1.64 bits per heavy atom. The molecule has 0 aliphatic rings. The van der Waals surface area contributed by atoms with Crippen molar-refractivity contribution in [1.29, 1.82) is 0 Å². The maximum absolute atomic E-state index is 11.6. The number of ether oxygens (including phenoxy) is 1. The summed E-state index contributed by atoms with van der Waals surface area (Å²) < 4.78 is 5.19. The number of Topliss-reactive ketones (excluding diaryl/α,β-unsaturated/α-hetero) is 2. The van der Waals surface area contributed by atoms with Crippen LogP contribution in [0.15, 0.2) is 0 Å². The van der Waals surface area contributed by atoms with E-state index < -0.39 is 12.1 Å². The minimum Gasteiger partial charge on any atom is -0.460 e. The Morgan fingerprint density at radius 3 is 2.14 bits per heavy atom. The van der Waals surface area contributed by atoms with Crippen LogP contribution < -0.4 is 5.32 Å². The van der Waals surface area contributed by atoms with Gasteiger partial charge in [-0.15, -0.1) is 0 Å². The third-order valence-corrected chi connectivity index (χ3v) is 3.20. The molecule has 6 nitrogen and oxygen atoms in total. The Hall–Kier alpha value is -1.72. The van der Waals surface area contributed by atoms with Crippen LogP contribution in [0.25, 0.3) is 0 Å². The summed E-state index contributed by atoms with van der Waals surface area (Å²) >= 11 is 0. The maximum atomic E-state index is 11.6. The molecule has 0 spiro atoms. The summed E-state index contributed by atoms with van der Waals surface area (Å²) in [6, 6.07) is 0. The highest BCUT2D eigenvalue weighted by Crippen LogP contribution is 2.04. The van der Waals surface area contributed by atoms with Crippen LogP contribution >= 0.6 is 0 Å². The number of rotatable bonds is 11. The highest BCUT2D eigenvalue weighted by atomic mass is 16.5. The van der Waals surface area contributed by atoms with Crippen LogP contribution in [-0.2, 0) is 23.9 Å². The van der Waals surface area contributed by atoms with Gasteiger partial charge in [-0.2, -0.15) is 0 Å². The van der Waals surface area contributed by atoms with Gasteiger partial charge in [0.15, 0.2) is 0 Å². The van der Waals surface area contributed by atoms with E-state index >= 15 is 0 Å². The molecule has 0 heterocycles. The SMILES string of the molecule is CCC(CNC(=O)CCC(=O)C(C)C)OC(=O)CCC(C)=O. The normalized spacial score (nSPS) is 11.9. The average Bonchev–Trinajstić information content (AvgIpc) is 2.46. The monoisotopic (exact) mass is 313 g/mol. The fraction of sp³-hybridized carbons (Fsp3) is 0.750. The minimum absolute atomic E-state index is 0.0536. The predicted octanol–water partition coefficient (Wildman–Crippen LogP) is 1.80. The smallest absolute Gasteiger partial charge is 0.306 e. The van der Waals surface area contributed by atoms with Crippen LogP contribution in [0.3, 0.4) is 0 Å². The van der Waals surface area contributed by atoms with Gasteiger partial charge in [-0.05, 0) is 13.3 Å². The Balaban J connectivity index is 4.02. The lowest BCUT2D eigenvalue weighted by Gasteiger charge is -2.17. The van der Waals surface area contributed by atoms with Crippen molar-refractivity contribution >= 4 is 23.4 Å². The van der Waals surface area contributed by atoms with E-state index in [1.165, 1.54) is 6.92 Å². The van der Waals surface area contributed by atoms with Crippen LogP contribution in [0.4, 0.5) is 0 Å². The second-order valence-corrected chi connectivity index (χ2v) is 5.65. The van der Waals surface area contributed by atoms with Crippen molar-refractivity contribution in [2.24, 2.45) is 5.92 Å². The number of esters is 1. The fourth-order valence-electron chi connectivity index (χ4n) is 1.63. The highest BCUT2D eigenvalue weighted by molar-refractivity contribution is 5.86. The number of hydrogen-bond acceptors (Lipinski definition) is 5. The van der Waals surface area contributed by atoms with E-state index in [2.05, 4.69) is 5.32 Å². The first-order valence-corrected chi connectivity index (χ1v) is 7.74. The van der Waals surface area contributed by atoms with Crippen molar-refractivity contribution in [2.75, 3.05) is 6.54 Å². The molecule has 126 valence electrons. The molecule has 0 saturated carbocycles. The molecule has 0 bridgehead atoms. The number of amides is 1. The van der Waals surface area contributed by atoms with Gasteiger partial charge in [0.05, 0.1) is 13.0 Å². The number of ketones is 2. The molecule has 22 heavy (non-hydrogen) atoms. The molecule has 0 rings (SSSR count). The van der Waals surface area contributed by atoms with E-state index in [0.29, 0.717) is 6.42 Å². The van der Waals surface area contributed by atoms with Gasteiger partial charge in [0.25, 0.3) is 0 Å². The van der Waals surface area contributed by atoms with Crippen LogP contribution in [0.5, 0.6) is 0 Å². The molecular weight excluding hydrogens is 286 g/mol. The molecule has 6 heteroatoms. The number of nitrogens with one attached hydrogen (secondary N) is 1. The first-order chi connectivity index (χ1) is 10.3. The molecule has 1 N–H and O–H groups in total. The second kappa shape index (κ2) is 10.9. The van der Waals surface area contributed by atoms with Gasteiger partial charge in [-0.25, -0.2) is 0 Å². The van der Waals surface area contributed by atoms with E-state index in [1.54, 1.807) is 13.8 Å². The summed E-state index contributed by atoms with van der Waals surface area (Å²) in [5.41, 5.74) is 0. The Labute approximate surface area is 132 Å². The van der Waals surface area contributed by atoms with Crippen LogP contribution in [0.2, 0.25) is 0 Å². The quantitative estimate of drug-likeness (QED) is 0.587. The Kier molecular flexibility index (Phi) is 10.1. The molecular formula is C16H27NO5.